The standard InChI is InChI=1S/C30H36O11/c1-5-37-18-11-15-14(25(3)17(31)7-6-9-27(18,25)35)8-10-28(36)23(34)40-26(4)19-12-24(2)16(22(33)39-19)13-38-29(15)21(32)20(24)30(26,28)41-29/h6-7,14-16,18-20,35-36H,5,8-13H2,1-4H3/t14-,15+,16-,18+,19+,20-,24+,25-,26+,27-,28+,29+,30-/m0/s1. The minimum atomic E-state index is -2.29. The van der Waals surface area contributed by atoms with Crippen molar-refractivity contribution in [2.24, 2.45) is 34.5 Å². The summed E-state index contributed by atoms with van der Waals surface area (Å²) in [4.78, 5) is 56.2. The van der Waals surface area contributed by atoms with Gasteiger partial charge in [0.15, 0.2) is 28.4 Å². The molecule has 2 saturated carbocycles. The third-order valence-electron chi connectivity index (χ3n) is 13.0. The fourth-order valence-electron chi connectivity index (χ4n) is 10.9. The van der Waals surface area contributed by atoms with Gasteiger partial charge in [-0.3, -0.25) is 14.4 Å². The number of fused-ring (bicyclic) bond motifs is 5. The van der Waals surface area contributed by atoms with Gasteiger partial charge < -0.3 is 33.9 Å². The van der Waals surface area contributed by atoms with Gasteiger partial charge in [-0.1, -0.05) is 13.0 Å². The Morgan fingerprint density at radius 2 is 1.85 bits per heavy atom. The first-order valence-corrected chi connectivity index (χ1v) is 14.8. The lowest BCUT2D eigenvalue weighted by Gasteiger charge is -2.64. The molecule has 0 amide bonds. The smallest absolute Gasteiger partial charge is 0.342 e. The monoisotopic (exact) mass is 572 g/mol. The first-order chi connectivity index (χ1) is 19.2. The van der Waals surface area contributed by atoms with Crippen LogP contribution in [0, 0.1) is 34.5 Å². The second-order valence-electron chi connectivity index (χ2n) is 14.2. The largest absolute Gasteiger partial charge is 0.458 e. The van der Waals surface area contributed by atoms with Crippen molar-refractivity contribution in [3.05, 3.63) is 12.2 Å². The summed E-state index contributed by atoms with van der Waals surface area (Å²) in [7, 11) is 0. The molecule has 5 bridgehead atoms. The van der Waals surface area contributed by atoms with Crippen molar-refractivity contribution in [3.8, 4) is 0 Å². The summed E-state index contributed by atoms with van der Waals surface area (Å²) < 4.78 is 31.4. The SMILES string of the molecule is CCO[C@@H]1C[C@@H]2[C@H](CC[C@@]3(O)C(=O)O[C@]4(C)[C@H]5C[C@]6(C)[C@@H](CO[C@@]27O[C@]34[C@H]6C7=O)C(=O)O5)[C@@]2(C)C(=O)C=CC[C@]12O. The van der Waals surface area contributed by atoms with E-state index in [9.17, 15) is 24.6 Å². The number of Topliss-reactive ketones (excluding diaryl/α,β-unsaturated/α-hetero) is 1. The topological polar surface area (TPSA) is 155 Å². The fraction of sp³-hybridized carbons (Fsp3) is 0.800. The molecule has 0 aromatic carbocycles. The first kappa shape index (κ1) is 26.4. The molecule has 2 N–H and O–H groups in total. The number of ether oxygens (including phenoxy) is 5. The minimum absolute atomic E-state index is 0.115. The molecule has 13 atom stereocenters. The predicted molar refractivity (Wildman–Crippen MR) is 135 cm³/mol. The molecule has 8 rings (SSSR count). The van der Waals surface area contributed by atoms with Crippen molar-refractivity contribution in [1.82, 2.24) is 0 Å². The molecule has 11 heteroatoms. The number of aliphatic hydroxyl groups is 2. The summed E-state index contributed by atoms with van der Waals surface area (Å²) in [6, 6.07) is 0. The third kappa shape index (κ3) is 2.38. The quantitative estimate of drug-likeness (QED) is 0.451. The van der Waals surface area contributed by atoms with Crippen LogP contribution in [-0.4, -0.2) is 87.3 Å². The van der Waals surface area contributed by atoms with Gasteiger partial charge in [-0.25, -0.2) is 4.79 Å². The highest BCUT2D eigenvalue weighted by molar-refractivity contribution is 6.00. The first-order valence-electron chi connectivity index (χ1n) is 14.8. The van der Waals surface area contributed by atoms with E-state index in [1.807, 2.05) is 6.92 Å². The van der Waals surface area contributed by atoms with Crippen LogP contribution in [0.2, 0.25) is 0 Å². The fourth-order valence-corrected chi connectivity index (χ4v) is 10.9. The molecular formula is C30H36O11. The minimum Gasteiger partial charge on any atom is -0.458 e. The molecule has 2 spiro atoms. The van der Waals surface area contributed by atoms with Crippen molar-refractivity contribution in [3.63, 3.8) is 0 Å². The van der Waals surface area contributed by atoms with E-state index in [0.29, 0.717) is 0 Å². The van der Waals surface area contributed by atoms with Crippen LogP contribution in [0.3, 0.4) is 0 Å². The molecule has 8 aliphatic rings. The van der Waals surface area contributed by atoms with Gasteiger partial charge in [0.2, 0.25) is 5.79 Å². The Labute approximate surface area is 236 Å². The molecule has 5 saturated heterocycles. The summed E-state index contributed by atoms with van der Waals surface area (Å²) >= 11 is 0. The molecule has 5 heterocycles. The number of hydrogen-bond acceptors (Lipinski definition) is 11. The van der Waals surface area contributed by atoms with Crippen molar-refractivity contribution in [2.75, 3.05) is 13.2 Å². The number of carbonyl (C=O) groups excluding carboxylic acids is 4. The Bertz CT molecular complexity index is 1360. The number of esters is 2. The highest BCUT2D eigenvalue weighted by Crippen LogP contribution is 2.75. The number of allylic oxidation sites excluding steroid dienone is 1. The number of hydrogen-bond donors (Lipinski definition) is 2. The molecule has 3 aliphatic carbocycles. The van der Waals surface area contributed by atoms with Gasteiger partial charge in [-0.05, 0) is 70.3 Å². The van der Waals surface area contributed by atoms with E-state index in [4.69, 9.17) is 23.7 Å². The second-order valence-corrected chi connectivity index (χ2v) is 14.2. The van der Waals surface area contributed by atoms with Crippen molar-refractivity contribution >= 4 is 23.5 Å². The van der Waals surface area contributed by atoms with Crippen molar-refractivity contribution < 1.29 is 53.1 Å². The van der Waals surface area contributed by atoms with Crippen LogP contribution < -0.4 is 0 Å². The average Bonchev–Trinajstić information content (AvgIpc) is 3.23. The number of carbonyl (C=O) groups is 4. The predicted octanol–water partition coefficient (Wildman–Crippen LogP) is 0.767. The molecular weight excluding hydrogens is 536 g/mol. The third-order valence-corrected chi connectivity index (χ3v) is 13.0. The van der Waals surface area contributed by atoms with Gasteiger partial charge in [-0.15, -0.1) is 0 Å². The summed E-state index contributed by atoms with van der Waals surface area (Å²) in [6.07, 6.45) is 1.81. The van der Waals surface area contributed by atoms with Gasteiger partial charge in [0.25, 0.3) is 0 Å². The van der Waals surface area contributed by atoms with Gasteiger partial charge in [0.1, 0.15) is 11.7 Å². The average molecular weight is 573 g/mol. The molecule has 41 heavy (non-hydrogen) atoms. The second kappa shape index (κ2) is 7.30. The molecule has 0 unspecified atom stereocenters. The molecule has 5 aliphatic heterocycles. The van der Waals surface area contributed by atoms with Crippen LogP contribution >= 0.6 is 0 Å². The lowest BCUT2D eigenvalue weighted by Crippen LogP contribution is -2.79. The normalized spacial score (nSPS) is 59.6. The van der Waals surface area contributed by atoms with E-state index in [1.165, 1.54) is 6.08 Å². The van der Waals surface area contributed by atoms with E-state index >= 15 is 4.79 Å². The van der Waals surface area contributed by atoms with Crippen LogP contribution in [0.25, 0.3) is 0 Å². The maximum Gasteiger partial charge on any atom is 0.342 e. The summed E-state index contributed by atoms with van der Waals surface area (Å²) in [5.74, 6) is -7.76. The molecule has 0 aromatic heterocycles. The van der Waals surface area contributed by atoms with Crippen LogP contribution in [-0.2, 0) is 42.9 Å². The van der Waals surface area contributed by atoms with E-state index in [-0.39, 0.29) is 51.1 Å². The maximum atomic E-state index is 15.1. The zero-order chi connectivity index (χ0) is 29.2. The molecule has 7 fully saturated rings. The number of rotatable bonds is 2. The van der Waals surface area contributed by atoms with Crippen LogP contribution in [0.5, 0.6) is 0 Å². The summed E-state index contributed by atoms with van der Waals surface area (Å²) in [6.45, 7) is 6.99. The molecule has 0 aromatic rings. The Morgan fingerprint density at radius 3 is 2.59 bits per heavy atom. The van der Waals surface area contributed by atoms with E-state index in [0.717, 1.165) is 0 Å². The lowest BCUT2D eigenvalue weighted by molar-refractivity contribution is -0.382. The highest BCUT2D eigenvalue weighted by atomic mass is 16.8. The van der Waals surface area contributed by atoms with Crippen LogP contribution in [0.15, 0.2) is 12.2 Å². The molecule has 11 nitrogen and oxygen atoms in total. The van der Waals surface area contributed by atoms with Crippen molar-refractivity contribution in [2.45, 2.75) is 100 Å². The summed E-state index contributed by atoms with van der Waals surface area (Å²) in [5.41, 5.74) is -9.92. The summed E-state index contributed by atoms with van der Waals surface area (Å²) in [5, 5.41) is 24.8. The molecule has 222 valence electrons. The zero-order valence-electron chi connectivity index (χ0n) is 23.6. The lowest BCUT2D eigenvalue weighted by atomic mass is 9.46. The Hall–Kier alpha value is -2.18. The van der Waals surface area contributed by atoms with Crippen LogP contribution in [0.4, 0.5) is 0 Å². The van der Waals surface area contributed by atoms with E-state index in [2.05, 4.69) is 0 Å². The molecule has 0 radical (unpaired) electrons. The number of ketones is 2. The zero-order valence-corrected chi connectivity index (χ0v) is 23.6. The van der Waals surface area contributed by atoms with Gasteiger partial charge >= 0.3 is 11.9 Å². The Balaban J connectivity index is 1.42. The van der Waals surface area contributed by atoms with Gasteiger partial charge in [-0.2, -0.15) is 0 Å². The highest BCUT2D eigenvalue weighted by Gasteiger charge is 2.93. The Kier molecular flexibility index (Phi) is 4.71. The van der Waals surface area contributed by atoms with Crippen molar-refractivity contribution in [1.29, 1.82) is 0 Å². The Morgan fingerprint density at radius 1 is 1.10 bits per heavy atom. The van der Waals surface area contributed by atoms with E-state index in [1.54, 1.807) is 26.8 Å². The van der Waals surface area contributed by atoms with Crippen LogP contribution in [0.1, 0.15) is 59.8 Å². The van der Waals surface area contributed by atoms with Gasteiger partial charge in [0.05, 0.1) is 30.0 Å². The van der Waals surface area contributed by atoms with Gasteiger partial charge in [0, 0.05) is 12.5 Å². The maximum absolute atomic E-state index is 15.1. The van der Waals surface area contributed by atoms with E-state index < -0.39 is 92.6 Å².